The van der Waals surface area contributed by atoms with Crippen LogP contribution in [0.25, 0.3) is 0 Å². The van der Waals surface area contributed by atoms with Crippen LogP contribution in [-0.4, -0.2) is 66.0 Å². The van der Waals surface area contributed by atoms with Gasteiger partial charge in [-0.25, -0.2) is 4.57 Å². The molecule has 2 atom stereocenters. The number of nitrogens with zero attached hydrogens (tertiary/aromatic N) is 1. The Kier molecular flexibility index (Phi) is 31.3. The minimum atomic E-state index is -4.70. The van der Waals surface area contributed by atoms with Crippen molar-refractivity contribution in [1.29, 1.82) is 0 Å². The number of allylic oxidation sites excluding steroid dienone is 4. The van der Waals surface area contributed by atoms with Gasteiger partial charge in [0.05, 0.1) is 30.9 Å². The van der Waals surface area contributed by atoms with Gasteiger partial charge in [-0.3, -0.25) is 33.1 Å². The fourth-order valence-corrected chi connectivity index (χ4v) is 7.95. The fraction of sp³-hybridized carbons (Fsp3) is 0.714. The SMILES string of the molecule is CCCCCCCC/C=C\CCCCCCCC(=O)OC[C@@H](COP(=O)(O)OCCN1C(=O)c2ccccc2C1=O)OC(=O)CCCCCCC/C=C\CCCCCCCC. The Balaban J connectivity index is 1.70. The number of amides is 2. The number of hydrogen-bond acceptors (Lipinski definition) is 9. The summed E-state index contributed by atoms with van der Waals surface area (Å²) < 4.78 is 33.9. The van der Waals surface area contributed by atoms with Crippen LogP contribution in [-0.2, 0) is 32.7 Å². The van der Waals surface area contributed by atoms with Crippen molar-refractivity contribution in [2.75, 3.05) is 26.4 Å². The molecule has 1 aromatic rings. The number of unbranched alkanes of at least 4 members (excludes halogenated alkanes) is 22. The van der Waals surface area contributed by atoms with E-state index in [2.05, 4.69) is 38.2 Å². The average Bonchev–Trinajstić information content (AvgIpc) is 3.49. The van der Waals surface area contributed by atoms with Crippen molar-refractivity contribution >= 4 is 31.6 Å². The lowest BCUT2D eigenvalue weighted by atomic mass is 10.1. The lowest BCUT2D eigenvalue weighted by Gasteiger charge is -2.20. The van der Waals surface area contributed by atoms with E-state index in [1.54, 1.807) is 24.3 Å². The lowest BCUT2D eigenvalue weighted by molar-refractivity contribution is -0.161. The molecule has 1 aromatic carbocycles. The van der Waals surface area contributed by atoms with Gasteiger partial charge < -0.3 is 14.4 Å². The van der Waals surface area contributed by atoms with Gasteiger partial charge in [-0.05, 0) is 76.3 Å². The van der Waals surface area contributed by atoms with Crippen LogP contribution in [0.3, 0.4) is 0 Å². The van der Waals surface area contributed by atoms with Gasteiger partial charge in [0, 0.05) is 12.8 Å². The normalized spacial score (nSPS) is 14.2. The van der Waals surface area contributed by atoms with Crippen LogP contribution in [0.5, 0.6) is 0 Å². The largest absolute Gasteiger partial charge is 0.472 e. The Morgan fingerprint density at radius 1 is 0.590 bits per heavy atom. The van der Waals surface area contributed by atoms with E-state index >= 15 is 0 Å². The fourth-order valence-electron chi connectivity index (χ4n) is 7.20. The van der Waals surface area contributed by atoms with E-state index in [1.807, 2.05) is 0 Å². The van der Waals surface area contributed by atoms with E-state index < -0.39 is 50.9 Å². The monoisotopic (exact) mass is 874 g/mol. The molecule has 11 nitrogen and oxygen atoms in total. The predicted octanol–water partition coefficient (Wildman–Crippen LogP) is 12.9. The summed E-state index contributed by atoms with van der Waals surface area (Å²) in [4.78, 5) is 62.0. The maximum absolute atomic E-state index is 12.8. The third kappa shape index (κ3) is 26.9. The van der Waals surface area contributed by atoms with Gasteiger partial charge in [-0.1, -0.05) is 153 Å². The van der Waals surface area contributed by atoms with E-state index in [0.717, 1.165) is 81.9 Å². The topological polar surface area (TPSA) is 146 Å². The number of esters is 2. The molecule has 1 heterocycles. The van der Waals surface area contributed by atoms with E-state index in [1.165, 1.54) is 77.0 Å². The Bertz CT molecular complexity index is 1430. The van der Waals surface area contributed by atoms with Crippen LogP contribution >= 0.6 is 7.82 Å². The smallest absolute Gasteiger partial charge is 0.462 e. The van der Waals surface area contributed by atoms with Crippen LogP contribution in [0.1, 0.15) is 214 Å². The highest BCUT2D eigenvalue weighted by atomic mass is 31.2. The van der Waals surface area contributed by atoms with Crippen molar-refractivity contribution in [2.24, 2.45) is 0 Å². The molecule has 0 bridgehead atoms. The molecule has 1 unspecified atom stereocenters. The molecule has 2 amide bonds. The summed E-state index contributed by atoms with van der Waals surface area (Å²) in [5.41, 5.74) is 0.517. The van der Waals surface area contributed by atoms with E-state index in [-0.39, 0.29) is 37.1 Å². The van der Waals surface area contributed by atoms with Crippen molar-refractivity contribution in [1.82, 2.24) is 4.90 Å². The summed E-state index contributed by atoms with van der Waals surface area (Å²) in [6.45, 7) is 2.87. The molecule has 0 spiro atoms. The highest BCUT2D eigenvalue weighted by Gasteiger charge is 2.35. The highest BCUT2D eigenvalue weighted by Crippen LogP contribution is 2.43. The molecule has 0 saturated carbocycles. The summed E-state index contributed by atoms with van der Waals surface area (Å²) in [5.74, 6) is -1.99. The number of carbonyl (C=O) groups is 4. The van der Waals surface area contributed by atoms with Crippen molar-refractivity contribution in [3.63, 3.8) is 0 Å². The Hall–Kier alpha value is -3.11. The lowest BCUT2D eigenvalue weighted by Crippen LogP contribution is -2.33. The number of carbonyl (C=O) groups excluding carboxylic acids is 4. The van der Waals surface area contributed by atoms with Crippen molar-refractivity contribution in [3.8, 4) is 0 Å². The Morgan fingerprint density at radius 3 is 1.46 bits per heavy atom. The number of phosphoric acid groups is 1. The summed E-state index contributed by atoms with van der Waals surface area (Å²) in [5, 5.41) is 0. The summed E-state index contributed by atoms with van der Waals surface area (Å²) >= 11 is 0. The first-order chi connectivity index (χ1) is 29.7. The van der Waals surface area contributed by atoms with E-state index in [4.69, 9.17) is 18.5 Å². The van der Waals surface area contributed by atoms with Gasteiger partial charge in [0.15, 0.2) is 6.10 Å². The Morgan fingerprint density at radius 2 is 1.00 bits per heavy atom. The molecule has 0 fully saturated rings. The number of fused-ring (bicyclic) bond motifs is 1. The molecule has 2 rings (SSSR count). The van der Waals surface area contributed by atoms with Gasteiger partial charge >= 0.3 is 19.8 Å². The first-order valence-corrected chi connectivity index (χ1v) is 25.4. The van der Waals surface area contributed by atoms with Crippen molar-refractivity contribution < 1.29 is 47.2 Å². The Labute approximate surface area is 368 Å². The van der Waals surface area contributed by atoms with Crippen LogP contribution < -0.4 is 0 Å². The van der Waals surface area contributed by atoms with Crippen LogP contribution in [0.2, 0.25) is 0 Å². The van der Waals surface area contributed by atoms with E-state index in [9.17, 15) is 28.6 Å². The summed E-state index contributed by atoms with van der Waals surface area (Å²) in [7, 11) is -4.70. The standard InChI is InChI=1S/C49H80NO10P/c1-3-5-7-9-11-13-15-17-19-21-23-25-27-29-31-37-46(51)57-41-43(60-47(52)38-32-30-28-26-24-22-20-18-16-14-12-10-8-6-4-2)42-59-61(55,56)58-40-39-50-48(53)44-35-33-34-36-45(44)49(50)54/h17-20,33-36,43H,3-16,21-32,37-42H2,1-2H3,(H,55,56)/b19-17-,20-18-/t43-/m0/s1. The number of benzene rings is 1. The summed E-state index contributed by atoms with van der Waals surface area (Å²) in [6.07, 6.45) is 38.2. The second-order valence-corrected chi connectivity index (χ2v) is 17.8. The third-order valence-electron chi connectivity index (χ3n) is 10.9. The van der Waals surface area contributed by atoms with Crippen LogP contribution in [0.15, 0.2) is 48.6 Å². The number of phosphoric ester groups is 1. The molecule has 0 saturated heterocycles. The second kappa shape index (κ2) is 35.4. The molecule has 1 aliphatic heterocycles. The summed E-state index contributed by atoms with van der Waals surface area (Å²) in [6, 6.07) is 6.39. The van der Waals surface area contributed by atoms with Crippen LogP contribution in [0.4, 0.5) is 0 Å². The van der Waals surface area contributed by atoms with Gasteiger partial charge in [0.25, 0.3) is 11.8 Å². The molecule has 1 N–H and O–H groups in total. The number of hydrogen-bond donors (Lipinski definition) is 1. The van der Waals surface area contributed by atoms with Gasteiger partial charge in [-0.2, -0.15) is 0 Å². The number of ether oxygens (including phenoxy) is 2. The zero-order valence-corrected chi connectivity index (χ0v) is 38.7. The number of rotatable bonds is 40. The molecule has 0 aromatic heterocycles. The first kappa shape index (κ1) is 54.0. The zero-order valence-electron chi connectivity index (χ0n) is 37.8. The van der Waals surface area contributed by atoms with Gasteiger partial charge in [0.2, 0.25) is 0 Å². The minimum absolute atomic E-state index is 0.158. The van der Waals surface area contributed by atoms with Crippen LogP contribution in [0, 0.1) is 0 Å². The second-order valence-electron chi connectivity index (χ2n) is 16.4. The maximum atomic E-state index is 12.8. The number of imide groups is 1. The van der Waals surface area contributed by atoms with Crippen molar-refractivity contribution in [2.45, 2.75) is 200 Å². The van der Waals surface area contributed by atoms with Gasteiger partial charge in [-0.15, -0.1) is 0 Å². The quantitative estimate of drug-likeness (QED) is 0.0222. The molecular weight excluding hydrogens is 794 g/mol. The molecule has 0 aliphatic carbocycles. The predicted molar refractivity (Wildman–Crippen MR) is 243 cm³/mol. The molecule has 1 aliphatic rings. The van der Waals surface area contributed by atoms with Crippen molar-refractivity contribution in [3.05, 3.63) is 59.7 Å². The highest BCUT2D eigenvalue weighted by molar-refractivity contribution is 7.47. The third-order valence-corrected chi connectivity index (χ3v) is 11.9. The van der Waals surface area contributed by atoms with Gasteiger partial charge in [0.1, 0.15) is 6.61 Å². The van der Waals surface area contributed by atoms with E-state index in [0.29, 0.717) is 12.8 Å². The zero-order chi connectivity index (χ0) is 44.2. The first-order valence-electron chi connectivity index (χ1n) is 23.9. The maximum Gasteiger partial charge on any atom is 0.472 e. The molecule has 12 heteroatoms. The average molecular weight is 874 g/mol. The molecule has 61 heavy (non-hydrogen) atoms. The molecule has 346 valence electrons. The molecular formula is C49H80NO10P. The minimum Gasteiger partial charge on any atom is -0.462 e. The molecule has 0 radical (unpaired) electrons.